The van der Waals surface area contributed by atoms with Crippen molar-refractivity contribution in [1.82, 2.24) is 14.9 Å². The van der Waals surface area contributed by atoms with Gasteiger partial charge in [-0.3, -0.25) is 14.2 Å². The molecule has 2 aromatic carbocycles. The van der Waals surface area contributed by atoms with Crippen molar-refractivity contribution in [2.45, 2.75) is 25.9 Å². The van der Waals surface area contributed by atoms with E-state index >= 15 is 0 Å². The molecule has 0 aliphatic rings. The number of nitrogens with one attached hydrogen (secondary N) is 2. The van der Waals surface area contributed by atoms with Gasteiger partial charge in [-0.05, 0) is 24.1 Å². The lowest BCUT2D eigenvalue weighted by Gasteiger charge is -2.07. The molecule has 1 aromatic heterocycles. The summed E-state index contributed by atoms with van der Waals surface area (Å²) in [5.74, 6) is -0.103. The van der Waals surface area contributed by atoms with Gasteiger partial charge in [-0.15, -0.1) is 0 Å². The van der Waals surface area contributed by atoms with E-state index in [1.54, 1.807) is 24.3 Å². The van der Waals surface area contributed by atoms with Gasteiger partial charge >= 0.3 is 5.69 Å². The summed E-state index contributed by atoms with van der Waals surface area (Å²) in [4.78, 5) is 39.0. The molecule has 3 rings (SSSR count). The molecule has 0 saturated heterocycles. The molecule has 1 heterocycles. The summed E-state index contributed by atoms with van der Waals surface area (Å²) in [5.41, 5.74) is 0.768. The van der Waals surface area contributed by atoms with Crippen LogP contribution in [0.1, 0.15) is 18.4 Å². The summed E-state index contributed by atoms with van der Waals surface area (Å²) < 4.78 is 1.15. The molecule has 0 atom stereocenters. The van der Waals surface area contributed by atoms with Crippen LogP contribution in [-0.2, 0) is 17.9 Å². The first-order valence-electron chi connectivity index (χ1n) is 8.17. The summed E-state index contributed by atoms with van der Waals surface area (Å²) in [6.45, 7) is 0.675. The maximum atomic E-state index is 12.4. The predicted molar refractivity (Wildman–Crippen MR) is 96.4 cm³/mol. The number of benzene rings is 2. The van der Waals surface area contributed by atoms with Gasteiger partial charge in [0.15, 0.2) is 0 Å². The van der Waals surface area contributed by atoms with E-state index in [1.165, 1.54) is 0 Å². The number of amides is 1. The van der Waals surface area contributed by atoms with E-state index in [0.29, 0.717) is 23.9 Å². The van der Waals surface area contributed by atoms with Gasteiger partial charge in [0.25, 0.3) is 5.56 Å². The van der Waals surface area contributed by atoms with Crippen LogP contribution in [0.5, 0.6) is 0 Å². The van der Waals surface area contributed by atoms with Gasteiger partial charge in [0.2, 0.25) is 5.91 Å². The van der Waals surface area contributed by atoms with E-state index in [2.05, 4.69) is 10.3 Å². The average molecular weight is 337 g/mol. The van der Waals surface area contributed by atoms with E-state index in [-0.39, 0.29) is 24.4 Å². The van der Waals surface area contributed by atoms with Gasteiger partial charge in [-0.25, -0.2) is 4.79 Å². The van der Waals surface area contributed by atoms with Crippen molar-refractivity contribution < 1.29 is 4.79 Å². The van der Waals surface area contributed by atoms with Crippen molar-refractivity contribution in [2.24, 2.45) is 0 Å². The molecular formula is C19H19N3O3. The maximum absolute atomic E-state index is 12.4. The van der Waals surface area contributed by atoms with Gasteiger partial charge < -0.3 is 10.3 Å². The Labute approximate surface area is 144 Å². The van der Waals surface area contributed by atoms with Gasteiger partial charge in [0.05, 0.1) is 10.9 Å². The van der Waals surface area contributed by atoms with Crippen molar-refractivity contribution in [3.63, 3.8) is 0 Å². The van der Waals surface area contributed by atoms with E-state index in [1.807, 2.05) is 30.3 Å². The van der Waals surface area contributed by atoms with Gasteiger partial charge in [-0.2, -0.15) is 0 Å². The highest BCUT2D eigenvalue weighted by molar-refractivity contribution is 5.77. The molecule has 25 heavy (non-hydrogen) atoms. The number of hydrogen-bond acceptors (Lipinski definition) is 3. The fourth-order valence-electron chi connectivity index (χ4n) is 2.68. The van der Waals surface area contributed by atoms with E-state index < -0.39 is 5.69 Å². The molecule has 3 aromatic rings. The van der Waals surface area contributed by atoms with Crippen molar-refractivity contribution in [2.75, 3.05) is 0 Å². The lowest BCUT2D eigenvalue weighted by atomic mass is 10.2. The fraction of sp³-hybridized carbons (Fsp3) is 0.211. The van der Waals surface area contributed by atoms with Gasteiger partial charge in [-0.1, -0.05) is 42.5 Å². The molecule has 0 spiro atoms. The van der Waals surface area contributed by atoms with Crippen LogP contribution in [0.15, 0.2) is 64.2 Å². The fourth-order valence-corrected chi connectivity index (χ4v) is 2.68. The number of rotatable bonds is 6. The summed E-state index contributed by atoms with van der Waals surface area (Å²) in [7, 11) is 0. The molecule has 0 radical (unpaired) electrons. The Morgan fingerprint density at radius 2 is 1.72 bits per heavy atom. The van der Waals surface area contributed by atoms with Crippen LogP contribution in [0.2, 0.25) is 0 Å². The SMILES string of the molecule is O=C(CCCn1c(=O)[nH]c2ccccc2c1=O)NCc1ccccc1. The van der Waals surface area contributed by atoms with E-state index in [9.17, 15) is 14.4 Å². The van der Waals surface area contributed by atoms with Crippen LogP contribution in [-0.4, -0.2) is 15.5 Å². The smallest absolute Gasteiger partial charge is 0.328 e. The minimum atomic E-state index is -0.451. The first-order chi connectivity index (χ1) is 12.1. The number of carbonyl (C=O) groups is 1. The summed E-state index contributed by atoms with van der Waals surface area (Å²) in [6, 6.07) is 16.5. The Bertz CT molecular complexity index is 990. The molecule has 1 amide bonds. The second kappa shape index (κ2) is 7.61. The third kappa shape index (κ3) is 4.03. The number of carbonyl (C=O) groups excluding carboxylic acids is 1. The van der Waals surface area contributed by atoms with Crippen LogP contribution >= 0.6 is 0 Å². The summed E-state index contributed by atoms with van der Waals surface area (Å²) in [5, 5.41) is 3.30. The monoisotopic (exact) mass is 337 g/mol. The second-order valence-electron chi connectivity index (χ2n) is 5.80. The predicted octanol–water partition coefficient (Wildman–Crippen LogP) is 1.79. The Kier molecular flexibility index (Phi) is 5.09. The molecule has 6 heteroatoms. The highest BCUT2D eigenvalue weighted by atomic mass is 16.2. The van der Waals surface area contributed by atoms with Gasteiger partial charge in [0, 0.05) is 19.5 Å². The van der Waals surface area contributed by atoms with Crippen molar-refractivity contribution in [3.05, 3.63) is 81.0 Å². The molecule has 0 unspecified atom stereocenters. The first kappa shape index (κ1) is 16.7. The zero-order valence-corrected chi connectivity index (χ0v) is 13.7. The molecule has 0 saturated carbocycles. The first-order valence-corrected chi connectivity index (χ1v) is 8.17. The minimum Gasteiger partial charge on any atom is -0.352 e. The Morgan fingerprint density at radius 1 is 1.00 bits per heavy atom. The number of aromatic nitrogens is 2. The molecule has 0 aliphatic heterocycles. The van der Waals surface area contributed by atoms with Crippen LogP contribution < -0.4 is 16.6 Å². The maximum Gasteiger partial charge on any atom is 0.328 e. The van der Waals surface area contributed by atoms with Crippen LogP contribution in [0, 0.1) is 0 Å². The Balaban J connectivity index is 1.59. The van der Waals surface area contributed by atoms with Crippen molar-refractivity contribution >= 4 is 16.8 Å². The molecule has 2 N–H and O–H groups in total. The number of para-hydroxylation sites is 1. The lowest BCUT2D eigenvalue weighted by Crippen LogP contribution is -2.35. The summed E-state index contributed by atoms with van der Waals surface area (Å²) in [6.07, 6.45) is 0.674. The average Bonchev–Trinajstić information content (AvgIpc) is 2.63. The highest BCUT2D eigenvalue weighted by Gasteiger charge is 2.08. The van der Waals surface area contributed by atoms with Crippen molar-refractivity contribution in [3.8, 4) is 0 Å². The molecule has 6 nitrogen and oxygen atoms in total. The molecular weight excluding hydrogens is 318 g/mol. The zero-order chi connectivity index (χ0) is 17.6. The van der Waals surface area contributed by atoms with Crippen LogP contribution in [0.4, 0.5) is 0 Å². The van der Waals surface area contributed by atoms with Gasteiger partial charge in [0.1, 0.15) is 0 Å². The Hall–Kier alpha value is -3.15. The quantitative estimate of drug-likeness (QED) is 0.719. The molecule has 0 bridgehead atoms. The molecule has 128 valence electrons. The third-order valence-electron chi connectivity index (χ3n) is 4.01. The number of fused-ring (bicyclic) bond motifs is 1. The topological polar surface area (TPSA) is 84.0 Å². The standard InChI is InChI=1S/C19H19N3O3/c23-17(20-13-14-7-2-1-3-8-14)11-6-12-22-18(24)15-9-4-5-10-16(15)21-19(22)25/h1-5,7-10H,6,11-13H2,(H,20,23)(H,21,25). The normalized spacial score (nSPS) is 10.7. The largest absolute Gasteiger partial charge is 0.352 e. The minimum absolute atomic E-state index is 0.103. The number of H-pyrrole nitrogens is 1. The van der Waals surface area contributed by atoms with E-state index in [4.69, 9.17) is 0 Å². The number of hydrogen-bond donors (Lipinski definition) is 2. The Morgan fingerprint density at radius 3 is 2.52 bits per heavy atom. The van der Waals surface area contributed by atoms with E-state index in [0.717, 1.165) is 10.1 Å². The second-order valence-corrected chi connectivity index (χ2v) is 5.80. The van der Waals surface area contributed by atoms with Crippen LogP contribution in [0.3, 0.4) is 0 Å². The van der Waals surface area contributed by atoms with Crippen molar-refractivity contribution in [1.29, 1.82) is 0 Å². The lowest BCUT2D eigenvalue weighted by molar-refractivity contribution is -0.121. The number of nitrogens with zero attached hydrogens (tertiary/aromatic N) is 1. The zero-order valence-electron chi connectivity index (χ0n) is 13.7. The number of aromatic amines is 1. The molecule has 0 fully saturated rings. The highest BCUT2D eigenvalue weighted by Crippen LogP contribution is 2.03. The summed E-state index contributed by atoms with van der Waals surface area (Å²) >= 11 is 0. The van der Waals surface area contributed by atoms with Crippen LogP contribution in [0.25, 0.3) is 10.9 Å². The molecule has 0 aliphatic carbocycles. The third-order valence-corrected chi connectivity index (χ3v) is 4.01.